The second kappa shape index (κ2) is 10.2. The topological polar surface area (TPSA) is 85.7 Å². The van der Waals surface area contributed by atoms with Gasteiger partial charge in [-0.1, -0.05) is 6.07 Å². The molecule has 0 aromatic heterocycles. The highest BCUT2D eigenvalue weighted by Crippen LogP contribution is 2.25. The first-order chi connectivity index (χ1) is 16.0. The number of nitriles is 1. The average molecular weight is 467 g/mol. The summed E-state index contributed by atoms with van der Waals surface area (Å²) in [6, 6.07) is 11.1. The molecule has 0 unspecified atom stereocenters. The second-order valence-electron chi connectivity index (χ2n) is 9.64. The maximum atomic E-state index is 14.5. The number of carbonyl (C=O) groups excluding carboxylic acids is 2. The summed E-state index contributed by atoms with van der Waals surface area (Å²) in [4.78, 5) is 29.0. The standard InChI is InChI=1S/C26H31FN4O3/c1-17-15-30(9-10-31(17)25(33)34-26(3,4)5)16-21-12-22(27)13-23(18(21)2)29-24(32)20-8-6-7-19(11-20)14-28/h6-8,11-13,17H,9-10,15-16H2,1-5H3,(H,29,32)/t17-/m0/s1. The minimum Gasteiger partial charge on any atom is -0.444 e. The van der Waals surface area contributed by atoms with E-state index in [0.29, 0.717) is 43.0 Å². The number of amides is 2. The molecule has 1 aliphatic heterocycles. The van der Waals surface area contributed by atoms with Gasteiger partial charge in [0, 0.05) is 43.5 Å². The molecule has 34 heavy (non-hydrogen) atoms. The Balaban J connectivity index is 1.70. The number of anilines is 1. The van der Waals surface area contributed by atoms with Crippen LogP contribution in [0.4, 0.5) is 14.9 Å². The Morgan fingerprint density at radius 1 is 1.24 bits per heavy atom. The normalized spacial score (nSPS) is 16.6. The molecule has 0 saturated carbocycles. The molecule has 0 aliphatic carbocycles. The molecule has 2 aromatic carbocycles. The van der Waals surface area contributed by atoms with Gasteiger partial charge in [0.25, 0.3) is 5.91 Å². The molecule has 0 bridgehead atoms. The Bertz CT molecular complexity index is 1120. The van der Waals surface area contributed by atoms with Crippen LogP contribution in [0.3, 0.4) is 0 Å². The molecular weight excluding hydrogens is 435 g/mol. The van der Waals surface area contributed by atoms with Gasteiger partial charge in [0.05, 0.1) is 11.6 Å². The zero-order chi connectivity index (χ0) is 25.0. The van der Waals surface area contributed by atoms with Gasteiger partial charge in [0.15, 0.2) is 0 Å². The zero-order valence-corrected chi connectivity index (χ0v) is 20.3. The number of rotatable bonds is 4. The van der Waals surface area contributed by atoms with E-state index in [-0.39, 0.29) is 12.1 Å². The third-order valence-electron chi connectivity index (χ3n) is 5.72. The van der Waals surface area contributed by atoms with E-state index >= 15 is 0 Å². The number of benzene rings is 2. The first kappa shape index (κ1) is 25.2. The molecule has 1 fully saturated rings. The minimum atomic E-state index is -0.552. The summed E-state index contributed by atoms with van der Waals surface area (Å²) in [6.07, 6.45) is -0.327. The molecule has 0 radical (unpaired) electrons. The van der Waals surface area contributed by atoms with E-state index < -0.39 is 17.3 Å². The zero-order valence-electron chi connectivity index (χ0n) is 20.3. The summed E-state index contributed by atoms with van der Waals surface area (Å²) in [5.74, 6) is -0.849. The monoisotopic (exact) mass is 466 g/mol. The summed E-state index contributed by atoms with van der Waals surface area (Å²) in [6.45, 7) is 11.6. The van der Waals surface area contributed by atoms with Crippen LogP contribution >= 0.6 is 0 Å². The molecule has 180 valence electrons. The van der Waals surface area contributed by atoms with E-state index in [9.17, 15) is 14.0 Å². The fraction of sp³-hybridized carbons (Fsp3) is 0.423. The van der Waals surface area contributed by atoms with Crippen LogP contribution in [0.5, 0.6) is 0 Å². The Kier molecular flexibility index (Phi) is 7.57. The third kappa shape index (κ3) is 6.33. The number of hydrogen-bond acceptors (Lipinski definition) is 5. The van der Waals surface area contributed by atoms with Gasteiger partial charge in [-0.3, -0.25) is 9.69 Å². The van der Waals surface area contributed by atoms with Crippen LogP contribution in [0, 0.1) is 24.1 Å². The lowest BCUT2D eigenvalue weighted by Gasteiger charge is -2.40. The maximum absolute atomic E-state index is 14.5. The molecule has 1 atom stereocenters. The van der Waals surface area contributed by atoms with Crippen molar-refractivity contribution in [3.05, 3.63) is 64.5 Å². The third-order valence-corrected chi connectivity index (χ3v) is 5.72. The van der Waals surface area contributed by atoms with Crippen LogP contribution in [0.25, 0.3) is 0 Å². The lowest BCUT2D eigenvalue weighted by atomic mass is 10.0. The number of nitrogens with one attached hydrogen (secondary N) is 1. The molecular formula is C26H31FN4O3. The summed E-state index contributed by atoms with van der Waals surface area (Å²) >= 11 is 0. The van der Waals surface area contributed by atoms with Gasteiger partial charge in [-0.2, -0.15) is 5.26 Å². The molecule has 1 heterocycles. The average Bonchev–Trinajstić information content (AvgIpc) is 2.75. The van der Waals surface area contributed by atoms with Crippen molar-refractivity contribution in [1.29, 1.82) is 5.26 Å². The van der Waals surface area contributed by atoms with E-state index in [4.69, 9.17) is 10.00 Å². The number of carbonyl (C=O) groups is 2. The molecule has 7 nitrogen and oxygen atoms in total. The SMILES string of the molecule is Cc1c(CN2CCN(C(=O)OC(C)(C)C)[C@@H](C)C2)cc(F)cc1NC(=O)c1cccc(C#N)c1. The van der Waals surface area contributed by atoms with Crippen molar-refractivity contribution in [3.63, 3.8) is 0 Å². The van der Waals surface area contributed by atoms with Gasteiger partial charge in [-0.15, -0.1) is 0 Å². The Morgan fingerprint density at radius 3 is 2.62 bits per heavy atom. The lowest BCUT2D eigenvalue weighted by molar-refractivity contribution is 0.000530. The first-order valence-corrected chi connectivity index (χ1v) is 11.3. The largest absolute Gasteiger partial charge is 0.444 e. The van der Waals surface area contributed by atoms with Gasteiger partial charge >= 0.3 is 6.09 Å². The molecule has 1 saturated heterocycles. The highest BCUT2D eigenvalue weighted by molar-refractivity contribution is 6.04. The van der Waals surface area contributed by atoms with Gasteiger partial charge < -0.3 is 15.0 Å². The maximum Gasteiger partial charge on any atom is 0.410 e. The first-order valence-electron chi connectivity index (χ1n) is 11.3. The molecule has 1 aliphatic rings. The molecule has 0 spiro atoms. The van der Waals surface area contributed by atoms with Crippen LogP contribution in [0.15, 0.2) is 36.4 Å². The quantitative estimate of drug-likeness (QED) is 0.706. The predicted octanol–water partition coefficient (Wildman–Crippen LogP) is 4.70. The van der Waals surface area contributed by atoms with E-state index in [1.165, 1.54) is 18.2 Å². The van der Waals surface area contributed by atoms with Gasteiger partial charge in [0.2, 0.25) is 0 Å². The molecule has 1 N–H and O–H groups in total. The smallest absolute Gasteiger partial charge is 0.410 e. The predicted molar refractivity (Wildman–Crippen MR) is 128 cm³/mol. The van der Waals surface area contributed by atoms with Crippen molar-refractivity contribution < 1.29 is 18.7 Å². The molecule has 2 aromatic rings. The number of piperazine rings is 1. The van der Waals surface area contributed by atoms with Crippen molar-refractivity contribution in [3.8, 4) is 6.07 Å². The van der Waals surface area contributed by atoms with Gasteiger partial charge in [-0.25, -0.2) is 9.18 Å². The van der Waals surface area contributed by atoms with E-state index in [1.807, 2.05) is 40.7 Å². The number of ether oxygens (including phenoxy) is 1. The number of nitrogens with zero attached hydrogens (tertiary/aromatic N) is 3. The summed E-state index contributed by atoms with van der Waals surface area (Å²) in [5, 5.41) is 11.8. The summed E-state index contributed by atoms with van der Waals surface area (Å²) in [5.41, 5.74) is 2.08. The molecule has 8 heteroatoms. The van der Waals surface area contributed by atoms with E-state index in [0.717, 1.165) is 11.1 Å². The number of halogens is 1. The fourth-order valence-electron chi connectivity index (χ4n) is 3.96. The van der Waals surface area contributed by atoms with Crippen LogP contribution in [0.2, 0.25) is 0 Å². The van der Waals surface area contributed by atoms with Crippen molar-refractivity contribution >= 4 is 17.7 Å². The van der Waals surface area contributed by atoms with Crippen LogP contribution in [0.1, 0.15) is 54.7 Å². The van der Waals surface area contributed by atoms with E-state index in [1.54, 1.807) is 23.1 Å². The lowest BCUT2D eigenvalue weighted by Crippen LogP contribution is -2.54. The summed E-state index contributed by atoms with van der Waals surface area (Å²) in [7, 11) is 0. The Morgan fingerprint density at radius 2 is 1.97 bits per heavy atom. The Labute approximate surface area is 200 Å². The summed E-state index contributed by atoms with van der Waals surface area (Å²) < 4.78 is 20.0. The highest BCUT2D eigenvalue weighted by Gasteiger charge is 2.31. The van der Waals surface area contributed by atoms with Crippen LogP contribution in [-0.2, 0) is 11.3 Å². The van der Waals surface area contributed by atoms with Crippen LogP contribution in [-0.4, -0.2) is 53.1 Å². The molecule has 2 amide bonds. The van der Waals surface area contributed by atoms with Gasteiger partial charge in [-0.05, 0) is 76.1 Å². The van der Waals surface area contributed by atoms with Crippen molar-refractivity contribution in [1.82, 2.24) is 9.80 Å². The Hall–Kier alpha value is -3.44. The highest BCUT2D eigenvalue weighted by atomic mass is 19.1. The molecule has 3 rings (SSSR count). The van der Waals surface area contributed by atoms with Crippen molar-refractivity contribution in [2.75, 3.05) is 25.0 Å². The minimum absolute atomic E-state index is 0.0518. The van der Waals surface area contributed by atoms with Crippen molar-refractivity contribution in [2.45, 2.75) is 52.8 Å². The van der Waals surface area contributed by atoms with Crippen molar-refractivity contribution in [2.24, 2.45) is 0 Å². The fourth-order valence-corrected chi connectivity index (χ4v) is 3.96. The van der Waals surface area contributed by atoms with Crippen LogP contribution < -0.4 is 5.32 Å². The number of hydrogen-bond donors (Lipinski definition) is 1. The van der Waals surface area contributed by atoms with E-state index in [2.05, 4.69) is 10.2 Å². The van der Waals surface area contributed by atoms with Gasteiger partial charge in [0.1, 0.15) is 11.4 Å². The second-order valence-corrected chi connectivity index (χ2v) is 9.64.